The maximum atomic E-state index is 6.00. The molecular formula is C19H20ClN3. The third kappa shape index (κ3) is 2.87. The third-order valence-electron chi connectivity index (χ3n) is 4.68. The second kappa shape index (κ2) is 5.99. The normalized spacial score (nSPS) is 18.8. The number of rotatable bonds is 3. The van der Waals surface area contributed by atoms with Gasteiger partial charge in [-0.05, 0) is 55.6 Å². The molecule has 1 fully saturated rings. The number of nitrogens with zero attached hydrogens (tertiary/aromatic N) is 2. The van der Waals surface area contributed by atoms with Crippen molar-refractivity contribution >= 4 is 22.6 Å². The maximum absolute atomic E-state index is 6.00. The van der Waals surface area contributed by atoms with Gasteiger partial charge in [0.1, 0.15) is 5.82 Å². The van der Waals surface area contributed by atoms with Gasteiger partial charge in [-0.1, -0.05) is 35.9 Å². The molecule has 1 saturated heterocycles. The van der Waals surface area contributed by atoms with Crippen molar-refractivity contribution in [3.63, 3.8) is 0 Å². The zero-order chi connectivity index (χ0) is 15.8. The van der Waals surface area contributed by atoms with Crippen LogP contribution in [0.3, 0.4) is 0 Å². The van der Waals surface area contributed by atoms with Crippen molar-refractivity contribution in [1.82, 2.24) is 14.9 Å². The smallest absolute Gasteiger partial charge is 0.104 e. The average molecular weight is 326 g/mol. The van der Waals surface area contributed by atoms with Crippen molar-refractivity contribution in [3.8, 4) is 0 Å². The molecule has 3 nitrogen and oxygen atoms in total. The standard InChI is InChI=1S/C19H20ClN3/c1-13-21-17-5-2-4-16(19(17)22-13)18-6-3-11-23(18)12-14-7-9-15(20)10-8-14/h2,4-5,7-10,18H,3,6,11-12H2,1H3,(H,21,22). The molecule has 4 heteroatoms. The summed E-state index contributed by atoms with van der Waals surface area (Å²) in [7, 11) is 0. The molecule has 0 amide bonds. The van der Waals surface area contributed by atoms with Crippen LogP contribution >= 0.6 is 11.6 Å². The van der Waals surface area contributed by atoms with Crippen LogP contribution in [0.25, 0.3) is 11.0 Å². The molecule has 0 radical (unpaired) electrons. The number of hydrogen-bond acceptors (Lipinski definition) is 2. The van der Waals surface area contributed by atoms with E-state index in [1.807, 2.05) is 19.1 Å². The number of imidazole rings is 1. The Labute approximate surface area is 141 Å². The van der Waals surface area contributed by atoms with Crippen LogP contribution in [0, 0.1) is 6.92 Å². The Morgan fingerprint density at radius 2 is 2.04 bits per heavy atom. The Morgan fingerprint density at radius 1 is 1.22 bits per heavy atom. The van der Waals surface area contributed by atoms with E-state index in [9.17, 15) is 0 Å². The summed E-state index contributed by atoms with van der Waals surface area (Å²) in [4.78, 5) is 10.6. The van der Waals surface area contributed by atoms with Crippen LogP contribution in [0.15, 0.2) is 42.5 Å². The second-order valence-electron chi connectivity index (χ2n) is 6.32. The second-order valence-corrected chi connectivity index (χ2v) is 6.76. The van der Waals surface area contributed by atoms with E-state index in [-0.39, 0.29) is 0 Å². The molecule has 23 heavy (non-hydrogen) atoms. The van der Waals surface area contributed by atoms with Gasteiger partial charge in [-0.2, -0.15) is 0 Å². The van der Waals surface area contributed by atoms with E-state index in [0.717, 1.165) is 35.0 Å². The van der Waals surface area contributed by atoms with Crippen molar-refractivity contribution in [2.75, 3.05) is 6.54 Å². The zero-order valence-electron chi connectivity index (χ0n) is 13.2. The van der Waals surface area contributed by atoms with Gasteiger partial charge >= 0.3 is 0 Å². The molecule has 0 spiro atoms. The number of hydrogen-bond donors (Lipinski definition) is 1. The van der Waals surface area contributed by atoms with Gasteiger partial charge in [-0.25, -0.2) is 4.98 Å². The van der Waals surface area contributed by atoms with Crippen molar-refractivity contribution in [3.05, 3.63) is 64.4 Å². The lowest BCUT2D eigenvalue weighted by atomic mass is 10.0. The Balaban J connectivity index is 1.65. The van der Waals surface area contributed by atoms with E-state index in [0.29, 0.717) is 6.04 Å². The summed E-state index contributed by atoms with van der Waals surface area (Å²) < 4.78 is 0. The van der Waals surface area contributed by atoms with Crippen LogP contribution in [-0.4, -0.2) is 21.4 Å². The van der Waals surface area contributed by atoms with Gasteiger partial charge in [-0.3, -0.25) is 4.90 Å². The lowest BCUT2D eigenvalue weighted by molar-refractivity contribution is 0.249. The summed E-state index contributed by atoms with van der Waals surface area (Å²) in [6, 6.07) is 15.1. The summed E-state index contributed by atoms with van der Waals surface area (Å²) in [5.41, 5.74) is 4.92. The number of H-pyrrole nitrogens is 1. The number of nitrogens with one attached hydrogen (secondary N) is 1. The minimum absolute atomic E-state index is 0.442. The SMILES string of the molecule is Cc1nc2c(C3CCCN3Cc3ccc(Cl)cc3)cccc2[nH]1. The molecule has 118 valence electrons. The van der Waals surface area contributed by atoms with Crippen molar-refractivity contribution < 1.29 is 0 Å². The number of benzene rings is 2. The lowest BCUT2D eigenvalue weighted by Gasteiger charge is -2.25. The Hall–Kier alpha value is -1.84. The molecule has 1 aliphatic rings. The maximum Gasteiger partial charge on any atom is 0.104 e. The number of para-hydroxylation sites is 1. The molecular weight excluding hydrogens is 306 g/mol. The highest BCUT2D eigenvalue weighted by Crippen LogP contribution is 2.36. The van der Waals surface area contributed by atoms with Gasteiger partial charge in [0.2, 0.25) is 0 Å². The highest BCUT2D eigenvalue weighted by molar-refractivity contribution is 6.30. The molecule has 3 aromatic rings. The molecule has 0 saturated carbocycles. The Bertz CT molecular complexity index is 822. The molecule has 1 atom stereocenters. The highest BCUT2D eigenvalue weighted by Gasteiger charge is 2.28. The molecule has 1 aliphatic heterocycles. The fraction of sp³-hybridized carbons (Fsp3) is 0.316. The number of fused-ring (bicyclic) bond motifs is 1. The highest BCUT2D eigenvalue weighted by atomic mass is 35.5. The fourth-order valence-electron chi connectivity index (χ4n) is 3.64. The fourth-order valence-corrected chi connectivity index (χ4v) is 3.76. The summed E-state index contributed by atoms with van der Waals surface area (Å²) in [6.07, 6.45) is 2.43. The number of aryl methyl sites for hydroxylation is 1. The number of likely N-dealkylation sites (tertiary alicyclic amines) is 1. The van der Waals surface area contributed by atoms with Crippen LogP contribution < -0.4 is 0 Å². The van der Waals surface area contributed by atoms with Gasteiger partial charge in [0, 0.05) is 17.6 Å². The van der Waals surface area contributed by atoms with E-state index < -0.39 is 0 Å². The summed E-state index contributed by atoms with van der Waals surface area (Å²) in [5.74, 6) is 0.981. The number of aromatic amines is 1. The van der Waals surface area contributed by atoms with Gasteiger partial charge in [0.15, 0.2) is 0 Å². The van der Waals surface area contributed by atoms with E-state index in [4.69, 9.17) is 16.6 Å². The van der Waals surface area contributed by atoms with Crippen LogP contribution in [-0.2, 0) is 6.54 Å². The monoisotopic (exact) mass is 325 g/mol. The van der Waals surface area contributed by atoms with Gasteiger partial charge in [0.05, 0.1) is 11.0 Å². The number of halogens is 1. The van der Waals surface area contributed by atoms with E-state index in [1.165, 1.54) is 24.0 Å². The lowest BCUT2D eigenvalue weighted by Crippen LogP contribution is -2.23. The van der Waals surface area contributed by atoms with Crippen molar-refractivity contribution in [2.24, 2.45) is 0 Å². The average Bonchev–Trinajstić information content (AvgIpc) is 3.14. The molecule has 2 aromatic carbocycles. The predicted molar refractivity (Wildman–Crippen MR) is 94.7 cm³/mol. The van der Waals surface area contributed by atoms with Crippen LogP contribution in [0.1, 0.15) is 35.8 Å². The van der Waals surface area contributed by atoms with E-state index in [1.54, 1.807) is 0 Å². The molecule has 4 rings (SSSR count). The Kier molecular flexibility index (Phi) is 3.83. The molecule has 1 N–H and O–H groups in total. The summed E-state index contributed by atoms with van der Waals surface area (Å²) in [5, 5.41) is 0.795. The summed E-state index contributed by atoms with van der Waals surface area (Å²) >= 11 is 6.00. The first kappa shape index (κ1) is 14.7. The number of aromatic nitrogens is 2. The quantitative estimate of drug-likeness (QED) is 0.745. The third-order valence-corrected chi connectivity index (χ3v) is 4.94. The first-order valence-electron chi connectivity index (χ1n) is 8.14. The summed E-state index contributed by atoms with van der Waals surface area (Å²) in [6.45, 7) is 4.11. The van der Waals surface area contributed by atoms with Gasteiger partial charge in [-0.15, -0.1) is 0 Å². The largest absolute Gasteiger partial charge is 0.342 e. The topological polar surface area (TPSA) is 31.9 Å². The van der Waals surface area contributed by atoms with Crippen LogP contribution in [0.2, 0.25) is 5.02 Å². The molecule has 0 bridgehead atoms. The van der Waals surface area contributed by atoms with Gasteiger partial charge in [0.25, 0.3) is 0 Å². The minimum atomic E-state index is 0.442. The van der Waals surface area contributed by atoms with Crippen molar-refractivity contribution in [1.29, 1.82) is 0 Å². The molecule has 0 aliphatic carbocycles. The molecule has 1 aromatic heterocycles. The Morgan fingerprint density at radius 3 is 2.87 bits per heavy atom. The zero-order valence-corrected chi connectivity index (χ0v) is 14.0. The van der Waals surface area contributed by atoms with Crippen LogP contribution in [0.5, 0.6) is 0 Å². The van der Waals surface area contributed by atoms with E-state index in [2.05, 4.69) is 40.2 Å². The first-order valence-corrected chi connectivity index (χ1v) is 8.52. The first-order chi connectivity index (χ1) is 11.2. The minimum Gasteiger partial charge on any atom is -0.342 e. The predicted octanol–water partition coefficient (Wildman–Crippen LogP) is 4.86. The van der Waals surface area contributed by atoms with Crippen molar-refractivity contribution in [2.45, 2.75) is 32.4 Å². The van der Waals surface area contributed by atoms with Gasteiger partial charge < -0.3 is 4.98 Å². The molecule has 1 unspecified atom stereocenters. The van der Waals surface area contributed by atoms with E-state index >= 15 is 0 Å². The van der Waals surface area contributed by atoms with Crippen LogP contribution in [0.4, 0.5) is 0 Å². The molecule has 2 heterocycles.